The lowest BCUT2D eigenvalue weighted by Gasteiger charge is -2.20. The van der Waals surface area contributed by atoms with Crippen LogP contribution in [0.4, 0.5) is 13.2 Å². The van der Waals surface area contributed by atoms with Gasteiger partial charge in [-0.2, -0.15) is 13.2 Å². The fraction of sp³-hybridized carbons (Fsp3) is 0.500. The zero-order valence-corrected chi connectivity index (χ0v) is 11.2. The smallest absolute Gasteiger partial charge is 0.319 e. The highest BCUT2D eigenvalue weighted by atomic mass is 79.9. The van der Waals surface area contributed by atoms with E-state index in [9.17, 15) is 13.2 Å². The summed E-state index contributed by atoms with van der Waals surface area (Å²) in [4.78, 5) is 0. The summed E-state index contributed by atoms with van der Waals surface area (Å²) in [6.45, 7) is -0.246. The normalized spacial score (nSPS) is 20.8. The van der Waals surface area contributed by atoms with Gasteiger partial charge in [-0.1, -0.05) is 22.0 Å². The summed E-state index contributed by atoms with van der Waals surface area (Å²) < 4.78 is 37.9. The van der Waals surface area contributed by atoms with E-state index in [1.807, 2.05) is 18.2 Å². The molecule has 6 heteroatoms. The molecule has 0 saturated heterocycles. The Kier molecular flexibility index (Phi) is 3.99. The molecule has 3 N–H and O–H groups in total. The zero-order chi connectivity index (χ0) is 13.3. The molecular weight excluding hydrogens is 309 g/mol. The van der Waals surface area contributed by atoms with E-state index in [1.165, 1.54) is 5.56 Å². The van der Waals surface area contributed by atoms with Crippen molar-refractivity contribution in [2.75, 3.05) is 6.54 Å². The number of nitrogens with two attached hydrogens (primary N) is 1. The van der Waals surface area contributed by atoms with Crippen LogP contribution < -0.4 is 11.1 Å². The molecule has 1 aromatic rings. The first kappa shape index (κ1) is 13.8. The molecule has 0 saturated carbocycles. The minimum absolute atomic E-state index is 0.0264. The Morgan fingerprint density at radius 3 is 2.83 bits per heavy atom. The number of nitrogens with one attached hydrogen (secondary N) is 1. The van der Waals surface area contributed by atoms with Crippen LogP contribution >= 0.6 is 15.9 Å². The van der Waals surface area contributed by atoms with Crippen LogP contribution in [0.3, 0.4) is 0 Å². The first-order valence-corrected chi connectivity index (χ1v) is 6.51. The number of hydrogen-bond donors (Lipinski definition) is 2. The average Bonchev–Trinajstić information content (AvgIpc) is 2.66. The van der Waals surface area contributed by atoms with Crippen molar-refractivity contribution in [1.82, 2.24) is 5.32 Å². The van der Waals surface area contributed by atoms with Crippen LogP contribution in [-0.4, -0.2) is 18.8 Å². The van der Waals surface area contributed by atoms with E-state index in [0.29, 0.717) is 0 Å². The van der Waals surface area contributed by atoms with E-state index in [0.717, 1.165) is 22.9 Å². The third-order valence-corrected chi connectivity index (χ3v) is 3.68. The molecule has 0 aliphatic heterocycles. The van der Waals surface area contributed by atoms with Gasteiger partial charge in [-0.3, -0.25) is 0 Å². The average molecular weight is 323 g/mol. The number of rotatable bonds is 3. The van der Waals surface area contributed by atoms with Gasteiger partial charge in [0.05, 0.1) is 0 Å². The molecule has 0 bridgehead atoms. The van der Waals surface area contributed by atoms with Gasteiger partial charge in [0.2, 0.25) is 0 Å². The number of benzene rings is 1. The topological polar surface area (TPSA) is 38.0 Å². The van der Waals surface area contributed by atoms with Crippen molar-refractivity contribution in [1.29, 1.82) is 0 Å². The summed E-state index contributed by atoms with van der Waals surface area (Å²) in [5.41, 5.74) is 7.34. The molecule has 0 spiro atoms. The molecule has 0 fully saturated rings. The van der Waals surface area contributed by atoms with Crippen LogP contribution in [0.25, 0.3) is 0 Å². The molecule has 2 atom stereocenters. The van der Waals surface area contributed by atoms with Gasteiger partial charge in [0.25, 0.3) is 0 Å². The van der Waals surface area contributed by atoms with E-state index in [1.54, 1.807) is 0 Å². The van der Waals surface area contributed by atoms with Crippen LogP contribution in [0.5, 0.6) is 0 Å². The number of alkyl halides is 3. The Bertz CT molecular complexity index is 434. The van der Waals surface area contributed by atoms with Gasteiger partial charge in [-0.25, -0.2) is 0 Å². The molecule has 1 aromatic carbocycles. The predicted molar refractivity (Wildman–Crippen MR) is 67.2 cm³/mol. The molecule has 2 rings (SSSR count). The molecule has 0 aromatic heterocycles. The summed E-state index contributed by atoms with van der Waals surface area (Å²) in [7, 11) is 0. The monoisotopic (exact) mass is 322 g/mol. The molecule has 0 radical (unpaired) electrons. The van der Waals surface area contributed by atoms with Gasteiger partial charge in [0.1, 0.15) is 6.04 Å². The standard InChI is InChI=1S/C12H14BrF3N2/c13-8-2-3-9-7(5-8)1-4-10(9)18-6-11(17)12(14,15)16/h2-3,5,10-11,18H,1,4,6,17H2/t10?,11-/m0/s1. The summed E-state index contributed by atoms with van der Waals surface area (Å²) in [5.74, 6) is 0. The van der Waals surface area contributed by atoms with Crippen LogP contribution in [0.2, 0.25) is 0 Å². The molecule has 1 aliphatic rings. The minimum Gasteiger partial charge on any atom is -0.319 e. The number of fused-ring (bicyclic) bond motifs is 1. The highest BCUT2D eigenvalue weighted by Gasteiger charge is 2.37. The maximum absolute atomic E-state index is 12.3. The van der Waals surface area contributed by atoms with E-state index in [-0.39, 0.29) is 12.6 Å². The lowest BCUT2D eigenvalue weighted by Crippen LogP contribution is -2.45. The van der Waals surface area contributed by atoms with Gasteiger partial charge in [0.15, 0.2) is 0 Å². The quantitative estimate of drug-likeness (QED) is 0.898. The summed E-state index contributed by atoms with van der Waals surface area (Å²) in [5, 5.41) is 2.90. The maximum Gasteiger partial charge on any atom is 0.404 e. The first-order valence-electron chi connectivity index (χ1n) is 5.72. The van der Waals surface area contributed by atoms with Crippen molar-refractivity contribution in [3.05, 3.63) is 33.8 Å². The van der Waals surface area contributed by atoms with Crippen LogP contribution in [0.15, 0.2) is 22.7 Å². The van der Waals surface area contributed by atoms with E-state index in [4.69, 9.17) is 5.73 Å². The number of aryl methyl sites for hydroxylation is 1. The van der Waals surface area contributed by atoms with Crippen LogP contribution in [-0.2, 0) is 6.42 Å². The second kappa shape index (κ2) is 5.19. The van der Waals surface area contributed by atoms with Gasteiger partial charge in [0, 0.05) is 17.1 Å². The number of hydrogen-bond acceptors (Lipinski definition) is 2. The van der Waals surface area contributed by atoms with Gasteiger partial charge >= 0.3 is 6.18 Å². The Labute approximate surface area is 112 Å². The molecule has 0 heterocycles. The molecule has 18 heavy (non-hydrogen) atoms. The lowest BCUT2D eigenvalue weighted by molar-refractivity contribution is -0.146. The van der Waals surface area contributed by atoms with Crippen LogP contribution in [0.1, 0.15) is 23.6 Å². The second-order valence-electron chi connectivity index (χ2n) is 4.49. The Balaban J connectivity index is 1.98. The van der Waals surface area contributed by atoms with Gasteiger partial charge in [-0.15, -0.1) is 0 Å². The highest BCUT2D eigenvalue weighted by Crippen LogP contribution is 2.33. The van der Waals surface area contributed by atoms with Gasteiger partial charge in [-0.05, 0) is 36.1 Å². The fourth-order valence-electron chi connectivity index (χ4n) is 2.18. The SMILES string of the molecule is N[C@@H](CNC1CCc2cc(Br)ccc21)C(F)(F)F. The van der Waals surface area contributed by atoms with Crippen molar-refractivity contribution in [3.63, 3.8) is 0 Å². The molecule has 2 nitrogen and oxygen atoms in total. The van der Waals surface area contributed by atoms with Crippen molar-refractivity contribution in [3.8, 4) is 0 Å². The number of halogens is 4. The fourth-order valence-corrected chi connectivity index (χ4v) is 2.59. The van der Waals surface area contributed by atoms with Crippen molar-refractivity contribution >= 4 is 15.9 Å². The van der Waals surface area contributed by atoms with E-state index in [2.05, 4.69) is 21.2 Å². The predicted octanol–water partition coefficient (Wildman–Crippen LogP) is 2.92. The third-order valence-electron chi connectivity index (χ3n) is 3.19. The first-order chi connectivity index (χ1) is 8.38. The molecule has 0 amide bonds. The van der Waals surface area contributed by atoms with Crippen molar-refractivity contribution in [2.45, 2.75) is 31.1 Å². The van der Waals surface area contributed by atoms with Crippen LogP contribution in [0, 0.1) is 0 Å². The van der Waals surface area contributed by atoms with E-state index >= 15 is 0 Å². The van der Waals surface area contributed by atoms with Crippen molar-refractivity contribution < 1.29 is 13.2 Å². The Morgan fingerprint density at radius 1 is 1.44 bits per heavy atom. The summed E-state index contributed by atoms with van der Waals surface area (Å²) in [6.07, 6.45) is -2.64. The summed E-state index contributed by atoms with van der Waals surface area (Å²) >= 11 is 3.38. The minimum atomic E-state index is -4.34. The third kappa shape index (κ3) is 3.05. The van der Waals surface area contributed by atoms with Gasteiger partial charge < -0.3 is 11.1 Å². The molecule has 100 valence electrons. The second-order valence-corrected chi connectivity index (χ2v) is 5.41. The Morgan fingerprint density at radius 2 is 2.17 bits per heavy atom. The molecular formula is C12H14BrF3N2. The largest absolute Gasteiger partial charge is 0.404 e. The highest BCUT2D eigenvalue weighted by molar-refractivity contribution is 9.10. The Hall–Kier alpha value is -0.590. The summed E-state index contributed by atoms with van der Waals surface area (Å²) in [6, 6.07) is 4.03. The van der Waals surface area contributed by atoms with E-state index < -0.39 is 12.2 Å². The van der Waals surface area contributed by atoms with Crippen molar-refractivity contribution in [2.24, 2.45) is 5.73 Å². The lowest BCUT2D eigenvalue weighted by atomic mass is 10.1. The molecule has 1 aliphatic carbocycles. The maximum atomic E-state index is 12.3. The molecule has 1 unspecified atom stereocenters. The zero-order valence-electron chi connectivity index (χ0n) is 9.60.